The molecule has 1 amide bonds. The number of ether oxygens (including phenoxy) is 1. The molecular formula is C14H20N4O4. The van der Waals surface area contributed by atoms with E-state index in [1.54, 1.807) is 19.4 Å². The Morgan fingerprint density at radius 3 is 2.73 bits per heavy atom. The second-order valence-electron chi connectivity index (χ2n) is 5.25. The number of carboxylic acid groups (broad SMARTS) is 1. The van der Waals surface area contributed by atoms with Gasteiger partial charge in [0.05, 0.1) is 7.11 Å². The van der Waals surface area contributed by atoms with Gasteiger partial charge in [0.1, 0.15) is 6.54 Å². The standard InChI is InChI=1S/C14H20N4O4/c1-17(9-12(19)20)13(21)10-4-7-18(8-5-10)14-15-6-3-11(16-14)22-2/h3,6,10H,4-5,7-9H2,1-2H3,(H,19,20). The molecule has 0 unspecified atom stereocenters. The normalized spacial score (nSPS) is 15.5. The maximum Gasteiger partial charge on any atom is 0.323 e. The Morgan fingerprint density at radius 1 is 1.45 bits per heavy atom. The number of aromatic nitrogens is 2. The van der Waals surface area contributed by atoms with Gasteiger partial charge in [0.25, 0.3) is 0 Å². The molecule has 1 aliphatic heterocycles. The van der Waals surface area contributed by atoms with E-state index in [-0.39, 0.29) is 18.4 Å². The average Bonchev–Trinajstić information content (AvgIpc) is 2.53. The van der Waals surface area contributed by atoms with E-state index in [0.29, 0.717) is 37.8 Å². The lowest BCUT2D eigenvalue weighted by Gasteiger charge is -2.32. The molecule has 0 aromatic carbocycles. The zero-order valence-electron chi connectivity index (χ0n) is 12.7. The van der Waals surface area contributed by atoms with Crippen LogP contribution in [0.3, 0.4) is 0 Å². The molecule has 8 heteroatoms. The second kappa shape index (κ2) is 7.06. The van der Waals surface area contributed by atoms with Crippen LogP contribution in [0.2, 0.25) is 0 Å². The third-order valence-corrected chi connectivity index (χ3v) is 3.70. The first-order valence-electron chi connectivity index (χ1n) is 7.10. The molecule has 0 aliphatic carbocycles. The number of rotatable bonds is 5. The lowest BCUT2D eigenvalue weighted by molar-refractivity contribution is -0.145. The quantitative estimate of drug-likeness (QED) is 0.832. The molecule has 0 radical (unpaired) electrons. The maximum absolute atomic E-state index is 12.2. The van der Waals surface area contributed by atoms with E-state index < -0.39 is 5.97 Å². The van der Waals surface area contributed by atoms with Gasteiger partial charge in [-0.05, 0) is 12.8 Å². The van der Waals surface area contributed by atoms with Crippen LogP contribution in [0.25, 0.3) is 0 Å². The van der Waals surface area contributed by atoms with Gasteiger partial charge in [0.15, 0.2) is 0 Å². The summed E-state index contributed by atoms with van der Waals surface area (Å²) in [4.78, 5) is 34.6. The van der Waals surface area contributed by atoms with Gasteiger partial charge in [-0.25, -0.2) is 4.98 Å². The Labute approximate surface area is 128 Å². The van der Waals surface area contributed by atoms with Crippen LogP contribution in [0, 0.1) is 5.92 Å². The summed E-state index contributed by atoms with van der Waals surface area (Å²) >= 11 is 0. The van der Waals surface area contributed by atoms with Crippen LogP contribution >= 0.6 is 0 Å². The lowest BCUT2D eigenvalue weighted by atomic mass is 9.95. The summed E-state index contributed by atoms with van der Waals surface area (Å²) in [6.07, 6.45) is 2.95. The third kappa shape index (κ3) is 3.84. The Hall–Kier alpha value is -2.38. The van der Waals surface area contributed by atoms with Crippen molar-refractivity contribution >= 4 is 17.8 Å². The molecule has 0 bridgehead atoms. The monoisotopic (exact) mass is 308 g/mol. The fourth-order valence-electron chi connectivity index (χ4n) is 2.52. The van der Waals surface area contributed by atoms with Crippen molar-refractivity contribution in [2.45, 2.75) is 12.8 Å². The number of hydrogen-bond acceptors (Lipinski definition) is 6. The Kier molecular flexibility index (Phi) is 5.13. The number of carbonyl (C=O) groups excluding carboxylic acids is 1. The molecular weight excluding hydrogens is 288 g/mol. The molecule has 2 heterocycles. The molecule has 0 saturated carbocycles. The molecule has 1 saturated heterocycles. The van der Waals surface area contributed by atoms with E-state index in [0.717, 1.165) is 0 Å². The number of amides is 1. The number of hydrogen-bond donors (Lipinski definition) is 1. The molecule has 1 aromatic heterocycles. The van der Waals surface area contributed by atoms with Crippen molar-refractivity contribution in [2.75, 3.05) is 38.7 Å². The minimum atomic E-state index is -1.00. The molecule has 1 fully saturated rings. The van der Waals surface area contributed by atoms with Crippen LogP contribution in [-0.2, 0) is 9.59 Å². The number of carboxylic acids is 1. The van der Waals surface area contributed by atoms with Crippen molar-refractivity contribution < 1.29 is 19.4 Å². The topological polar surface area (TPSA) is 95.9 Å². The Bertz CT molecular complexity index is 543. The zero-order valence-corrected chi connectivity index (χ0v) is 12.7. The fourth-order valence-corrected chi connectivity index (χ4v) is 2.52. The molecule has 1 aliphatic rings. The van der Waals surface area contributed by atoms with E-state index in [2.05, 4.69) is 9.97 Å². The summed E-state index contributed by atoms with van der Waals surface area (Å²) in [7, 11) is 3.07. The molecule has 1 N–H and O–H groups in total. The summed E-state index contributed by atoms with van der Waals surface area (Å²) in [5.41, 5.74) is 0. The molecule has 2 rings (SSSR count). The first-order valence-corrected chi connectivity index (χ1v) is 7.10. The van der Waals surface area contributed by atoms with E-state index >= 15 is 0 Å². The first kappa shape index (κ1) is 16.0. The van der Waals surface area contributed by atoms with Gasteiger partial charge in [0, 0.05) is 38.3 Å². The average molecular weight is 308 g/mol. The summed E-state index contributed by atoms with van der Waals surface area (Å²) in [5.74, 6) is -0.175. The van der Waals surface area contributed by atoms with Gasteiger partial charge in [-0.2, -0.15) is 4.98 Å². The van der Waals surface area contributed by atoms with Crippen molar-refractivity contribution in [3.63, 3.8) is 0 Å². The number of anilines is 1. The highest BCUT2D eigenvalue weighted by atomic mass is 16.5. The van der Waals surface area contributed by atoms with Gasteiger partial charge < -0.3 is 19.6 Å². The molecule has 120 valence electrons. The minimum Gasteiger partial charge on any atom is -0.481 e. The Morgan fingerprint density at radius 2 is 2.14 bits per heavy atom. The van der Waals surface area contributed by atoms with Crippen molar-refractivity contribution in [1.82, 2.24) is 14.9 Å². The second-order valence-corrected chi connectivity index (χ2v) is 5.25. The van der Waals surface area contributed by atoms with Crippen LogP contribution in [0.5, 0.6) is 5.88 Å². The SMILES string of the molecule is COc1ccnc(N2CCC(C(=O)N(C)CC(=O)O)CC2)n1. The van der Waals surface area contributed by atoms with E-state index in [4.69, 9.17) is 9.84 Å². The fraction of sp³-hybridized carbons (Fsp3) is 0.571. The number of likely N-dealkylation sites (N-methyl/N-ethyl adjacent to an activating group) is 1. The third-order valence-electron chi connectivity index (χ3n) is 3.70. The van der Waals surface area contributed by atoms with Crippen molar-refractivity contribution in [1.29, 1.82) is 0 Å². The number of carbonyl (C=O) groups is 2. The van der Waals surface area contributed by atoms with Crippen LogP contribution in [0.1, 0.15) is 12.8 Å². The number of methoxy groups -OCH3 is 1. The highest BCUT2D eigenvalue weighted by Gasteiger charge is 2.28. The summed E-state index contributed by atoms with van der Waals surface area (Å²) in [6, 6.07) is 1.68. The molecule has 22 heavy (non-hydrogen) atoms. The molecule has 8 nitrogen and oxygen atoms in total. The highest BCUT2D eigenvalue weighted by molar-refractivity contribution is 5.83. The highest BCUT2D eigenvalue weighted by Crippen LogP contribution is 2.23. The molecule has 0 atom stereocenters. The van der Waals surface area contributed by atoms with Crippen LogP contribution in [0.15, 0.2) is 12.3 Å². The predicted octanol–water partition coefficient (Wildman–Crippen LogP) is 0.245. The smallest absolute Gasteiger partial charge is 0.323 e. The number of aliphatic carboxylic acids is 1. The van der Waals surface area contributed by atoms with E-state index in [1.165, 1.54) is 11.9 Å². The number of nitrogens with zero attached hydrogens (tertiary/aromatic N) is 4. The number of piperidine rings is 1. The van der Waals surface area contributed by atoms with Gasteiger partial charge >= 0.3 is 5.97 Å². The maximum atomic E-state index is 12.2. The van der Waals surface area contributed by atoms with Gasteiger partial charge in [0.2, 0.25) is 17.7 Å². The predicted molar refractivity (Wildman–Crippen MR) is 78.8 cm³/mol. The van der Waals surface area contributed by atoms with E-state index in [1.807, 2.05) is 4.90 Å². The zero-order chi connectivity index (χ0) is 16.1. The van der Waals surface area contributed by atoms with E-state index in [9.17, 15) is 9.59 Å². The lowest BCUT2D eigenvalue weighted by Crippen LogP contribution is -2.43. The molecule has 1 aromatic rings. The van der Waals surface area contributed by atoms with Crippen molar-refractivity contribution in [3.05, 3.63) is 12.3 Å². The largest absolute Gasteiger partial charge is 0.481 e. The van der Waals surface area contributed by atoms with Gasteiger partial charge in [-0.1, -0.05) is 0 Å². The van der Waals surface area contributed by atoms with Crippen LogP contribution in [0.4, 0.5) is 5.95 Å². The van der Waals surface area contributed by atoms with Crippen LogP contribution < -0.4 is 9.64 Å². The first-order chi connectivity index (χ1) is 10.5. The Balaban J connectivity index is 1.92. The summed E-state index contributed by atoms with van der Waals surface area (Å²) < 4.78 is 5.08. The van der Waals surface area contributed by atoms with Gasteiger partial charge in [-0.3, -0.25) is 9.59 Å². The minimum absolute atomic E-state index is 0.117. The van der Waals surface area contributed by atoms with Crippen LogP contribution in [-0.4, -0.2) is 65.6 Å². The van der Waals surface area contributed by atoms with Gasteiger partial charge in [-0.15, -0.1) is 0 Å². The molecule has 0 spiro atoms. The summed E-state index contributed by atoms with van der Waals surface area (Å²) in [6.45, 7) is 1.05. The summed E-state index contributed by atoms with van der Waals surface area (Å²) in [5, 5.41) is 8.74. The van der Waals surface area contributed by atoms with Crippen molar-refractivity contribution in [3.8, 4) is 5.88 Å². The van der Waals surface area contributed by atoms with Crippen molar-refractivity contribution in [2.24, 2.45) is 5.92 Å².